The van der Waals surface area contributed by atoms with Gasteiger partial charge in [-0.15, -0.1) is 0 Å². The molecule has 2 atom stereocenters. The fourth-order valence-corrected chi connectivity index (χ4v) is 4.21. The molecule has 2 saturated heterocycles. The van der Waals surface area contributed by atoms with Crippen molar-refractivity contribution >= 4 is 11.8 Å². The van der Waals surface area contributed by atoms with Gasteiger partial charge in [0, 0.05) is 25.6 Å². The highest BCUT2D eigenvalue weighted by atomic mass is 16.2. The number of carbonyl (C=O) groups is 2. The number of amides is 2. The van der Waals surface area contributed by atoms with Gasteiger partial charge in [-0.1, -0.05) is 30.3 Å². The van der Waals surface area contributed by atoms with Gasteiger partial charge in [0.25, 0.3) is 0 Å². The lowest BCUT2D eigenvalue weighted by Crippen LogP contribution is -2.47. The van der Waals surface area contributed by atoms with E-state index in [0.717, 1.165) is 58.2 Å². The topological polar surface area (TPSA) is 40.6 Å². The number of hydrogen-bond acceptors (Lipinski definition) is 2. The maximum Gasteiger partial charge on any atom is 0.245 e. The van der Waals surface area contributed by atoms with Gasteiger partial charge in [0.1, 0.15) is 6.04 Å². The van der Waals surface area contributed by atoms with E-state index < -0.39 is 0 Å². The molecular weight excluding hydrogens is 300 g/mol. The van der Waals surface area contributed by atoms with Gasteiger partial charge < -0.3 is 9.80 Å². The van der Waals surface area contributed by atoms with Crippen LogP contribution in [0.4, 0.5) is 0 Å². The maximum atomic E-state index is 12.9. The van der Waals surface area contributed by atoms with E-state index >= 15 is 0 Å². The van der Waals surface area contributed by atoms with E-state index in [1.165, 1.54) is 5.56 Å². The zero-order valence-electron chi connectivity index (χ0n) is 14.2. The minimum atomic E-state index is -0.187. The molecule has 128 valence electrons. The minimum absolute atomic E-state index is 0.187. The average Bonchev–Trinajstić information content (AvgIpc) is 3.16. The molecule has 0 N–H and O–H groups in total. The average molecular weight is 326 g/mol. The summed E-state index contributed by atoms with van der Waals surface area (Å²) in [5, 5.41) is 0. The SMILES string of the molecule is O=C([C@H]1CCCN1C(=O)C1CC1)N1CC[C@H](Cc2ccccc2)C1. The molecular formula is C20H26N2O2. The molecule has 1 aromatic rings. The fraction of sp³-hybridized carbons (Fsp3) is 0.600. The Labute approximate surface area is 143 Å². The van der Waals surface area contributed by atoms with Crippen LogP contribution in [0.25, 0.3) is 0 Å². The van der Waals surface area contributed by atoms with Crippen molar-refractivity contribution in [2.45, 2.75) is 44.6 Å². The van der Waals surface area contributed by atoms with Crippen LogP contribution in [0.3, 0.4) is 0 Å². The zero-order valence-corrected chi connectivity index (χ0v) is 14.2. The molecule has 0 bridgehead atoms. The molecule has 0 radical (unpaired) electrons. The summed E-state index contributed by atoms with van der Waals surface area (Å²) in [6.07, 6.45) is 5.95. The Kier molecular flexibility index (Phi) is 4.30. The molecule has 4 nitrogen and oxygen atoms in total. The van der Waals surface area contributed by atoms with Crippen molar-refractivity contribution in [3.05, 3.63) is 35.9 Å². The highest BCUT2D eigenvalue weighted by Gasteiger charge is 2.42. The summed E-state index contributed by atoms with van der Waals surface area (Å²) in [4.78, 5) is 29.2. The third-order valence-electron chi connectivity index (χ3n) is 5.71. The molecule has 2 heterocycles. The number of likely N-dealkylation sites (tertiary alicyclic amines) is 2. The summed E-state index contributed by atoms with van der Waals surface area (Å²) in [5.74, 6) is 1.18. The first-order chi connectivity index (χ1) is 11.7. The van der Waals surface area contributed by atoms with Crippen molar-refractivity contribution < 1.29 is 9.59 Å². The van der Waals surface area contributed by atoms with E-state index in [-0.39, 0.29) is 23.8 Å². The Morgan fingerprint density at radius 1 is 0.958 bits per heavy atom. The van der Waals surface area contributed by atoms with Gasteiger partial charge in [0.15, 0.2) is 0 Å². The smallest absolute Gasteiger partial charge is 0.245 e. The van der Waals surface area contributed by atoms with Crippen molar-refractivity contribution in [2.75, 3.05) is 19.6 Å². The van der Waals surface area contributed by atoms with Crippen molar-refractivity contribution in [3.63, 3.8) is 0 Å². The van der Waals surface area contributed by atoms with E-state index in [1.807, 2.05) is 15.9 Å². The summed E-state index contributed by atoms with van der Waals surface area (Å²) in [7, 11) is 0. The lowest BCUT2D eigenvalue weighted by Gasteiger charge is -2.28. The normalized spacial score (nSPS) is 26.8. The van der Waals surface area contributed by atoms with Gasteiger partial charge in [-0.05, 0) is 50.0 Å². The van der Waals surface area contributed by atoms with Crippen LogP contribution in [0.5, 0.6) is 0 Å². The molecule has 2 amide bonds. The molecule has 3 fully saturated rings. The number of hydrogen-bond donors (Lipinski definition) is 0. The molecule has 4 rings (SSSR count). The van der Waals surface area contributed by atoms with E-state index in [0.29, 0.717) is 5.92 Å². The summed E-state index contributed by atoms with van der Waals surface area (Å²) in [5.41, 5.74) is 1.35. The van der Waals surface area contributed by atoms with Crippen LogP contribution in [0.2, 0.25) is 0 Å². The molecule has 1 aliphatic carbocycles. The predicted molar refractivity (Wildman–Crippen MR) is 92.3 cm³/mol. The van der Waals surface area contributed by atoms with Crippen LogP contribution in [0.15, 0.2) is 30.3 Å². The molecule has 3 aliphatic rings. The molecule has 24 heavy (non-hydrogen) atoms. The van der Waals surface area contributed by atoms with Crippen molar-refractivity contribution in [2.24, 2.45) is 11.8 Å². The van der Waals surface area contributed by atoms with Gasteiger partial charge in [-0.3, -0.25) is 9.59 Å². The highest BCUT2D eigenvalue weighted by molar-refractivity contribution is 5.90. The minimum Gasteiger partial charge on any atom is -0.341 e. The largest absolute Gasteiger partial charge is 0.341 e. The first kappa shape index (κ1) is 15.7. The van der Waals surface area contributed by atoms with Crippen LogP contribution in [-0.4, -0.2) is 47.3 Å². The van der Waals surface area contributed by atoms with Gasteiger partial charge >= 0.3 is 0 Å². The quantitative estimate of drug-likeness (QED) is 0.853. The molecule has 1 saturated carbocycles. The van der Waals surface area contributed by atoms with Crippen LogP contribution in [-0.2, 0) is 16.0 Å². The molecule has 1 aromatic carbocycles. The highest BCUT2D eigenvalue weighted by Crippen LogP contribution is 2.34. The predicted octanol–water partition coefficient (Wildman–Crippen LogP) is 2.48. The first-order valence-corrected chi connectivity index (χ1v) is 9.35. The van der Waals surface area contributed by atoms with Crippen LogP contribution < -0.4 is 0 Å². The van der Waals surface area contributed by atoms with E-state index in [1.54, 1.807) is 0 Å². The zero-order chi connectivity index (χ0) is 16.5. The summed E-state index contributed by atoms with van der Waals surface area (Å²) in [6, 6.07) is 10.3. The lowest BCUT2D eigenvalue weighted by molar-refractivity contribution is -0.143. The van der Waals surface area contributed by atoms with E-state index in [2.05, 4.69) is 24.3 Å². The van der Waals surface area contributed by atoms with Crippen molar-refractivity contribution in [1.82, 2.24) is 9.80 Å². The molecule has 0 aromatic heterocycles. The molecule has 4 heteroatoms. The van der Waals surface area contributed by atoms with Gasteiger partial charge in [0.05, 0.1) is 0 Å². The number of nitrogens with zero attached hydrogens (tertiary/aromatic N) is 2. The Morgan fingerprint density at radius 2 is 1.75 bits per heavy atom. The van der Waals surface area contributed by atoms with E-state index in [4.69, 9.17) is 0 Å². The second-order valence-electron chi connectivity index (χ2n) is 7.59. The number of carbonyl (C=O) groups excluding carboxylic acids is 2. The maximum absolute atomic E-state index is 12.9. The summed E-state index contributed by atoms with van der Waals surface area (Å²) in [6.45, 7) is 2.46. The Balaban J connectivity index is 1.35. The summed E-state index contributed by atoms with van der Waals surface area (Å²) < 4.78 is 0. The second kappa shape index (κ2) is 6.58. The second-order valence-corrected chi connectivity index (χ2v) is 7.59. The summed E-state index contributed by atoms with van der Waals surface area (Å²) >= 11 is 0. The Bertz CT molecular complexity index is 611. The van der Waals surface area contributed by atoms with Crippen LogP contribution in [0.1, 0.15) is 37.7 Å². The molecule has 2 aliphatic heterocycles. The molecule has 0 unspecified atom stereocenters. The van der Waals surface area contributed by atoms with E-state index in [9.17, 15) is 9.59 Å². The van der Waals surface area contributed by atoms with Crippen LogP contribution >= 0.6 is 0 Å². The molecule has 0 spiro atoms. The Hall–Kier alpha value is -1.84. The third kappa shape index (κ3) is 3.19. The van der Waals surface area contributed by atoms with Gasteiger partial charge in [0.2, 0.25) is 11.8 Å². The number of benzene rings is 1. The van der Waals surface area contributed by atoms with Crippen molar-refractivity contribution in [3.8, 4) is 0 Å². The fourth-order valence-electron chi connectivity index (χ4n) is 4.21. The van der Waals surface area contributed by atoms with Crippen molar-refractivity contribution in [1.29, 1.82) is 0 Å². The lowest BCUT2D eigenvalue weighted by atomic mass is 9.99. The third-order valence-corrected chi connectivity index (χ3v) is 5.71. The first-order valence-electron chi connectivity index (χ1n) is 9.35. The number of rotatable bonds is 4. The Morgan fingerprint density at radius 3 is 2.50 bits per heavy atom. The van der Waals surface area contributed by atoms with Gasteiger partial charge in [-0.2, -0.15) is 0 Å². The monoisotopic (exact) mass is 326 g/mol. The van der Waals surface area contributed by atoms with Crippen LogP contribution in [0, 0.1) is 11.8 Å². The van der Waals surface area contributed by atoms with Gasteiger partial charge in [-0.25, -0.2) is 0 Å². The standard InChI is InChI=1S/C20H26N2O2/c23-19(17-8-9-17)22-11-4-7-18(22)20(24)21-12-10-16(14-21)13-15-5-2-1-3-6-15/h1-3,5-6,16-18H,4,7-14H2/t16-,18-/m1/s1.